The quantitative estimate of drug-likeness (QED) is 0.475. The predicted octanol–water partition coefficient (Wildman–Crippen LogP) is 2.85. The second-order valence-corrected chi connectivity index (χ2v) is 7.11. The summed E-state index contributed by atoms with van der Waals surface area (Å²) in [7, 11) is 0. The van der Waals surface area contributed by atoms with E-state index in [-0.39, 0.29) is 5.91 Å². The Morgan fingerprint density at radius 1 is 0.903 bits per heavy atom. The number of fused-ring (bicyclic) bond motifs is 1. The van der Waals surface area contributed by atoms with Crippen molar-refractivity contribution in [2.45, 2.75) is 6.92 Å². The number of aliphatic carboxylic acids is 1. The minimum atomic E-state index is -1.31. The van der Waals surface area contributed by atoms with Crippen LogP contribution in [0.4, 0.5) is 5.69 Å². The van der Waals surface area contributed by atoms with Gasteiger partial charge in [0.15, 0.2) is 0 Å². The van der Waals surface area contributed by atoms with E-state index in [1.165, 1.54) is 4.90 Å². The summed E-state index contributed by atoms with van der Waals surface area (Å²) in [6.45, 7) is 1.39. The van der Waals surface area contributed by atoms with Gasteiger partial charge in [-0.2, -0.15) is 0 Å². The number of benzene rings is 3. The maximum Gasteiger partial charge on any atom is 0.265 e. The molecule has 0 atom stereocenters. The van der Waals surface area contributed by atoms with Crippen molar-refractivity contribution in [3.8, 4) is 5.75 Å². The number of nitrogens with zero attached hydrogens (tertiary/aromatic N) is 1. The molecule has 0 aromatic heterocycles. The molecule has 1 aliphatic heterocycles. The Hall–Kier alpha value is -4.19. The third-order valence-electron chi connectivity index (χ3n) is 4.92. The second kappa shape index (κ2) is 8.28. The maximum absolute atomic E-state index is 13.4. The van der Waals surface area contributed by atoms with Crippen LogP contribution in [0.5, 0.6) is 5.75 Å². The third-order valence-corrected chi connectivity index (χ3v) is 4.92. The number of amides is 2. The van der Waals surface area contributed by atoms with Crippen LogP contribution in [0.1, 0.15) is 27.0 Å². The number of carboxylic acids is 1. The highest BCUT2D eigenvalue weighted by Crippen LogP contribution is 2.33. The zero-order chi connectivity index (χ0) is 22.0. The molecule has 154 valence electrons. The Labute approximate surface area is 179 Å². The fraction of sp³-hybridized carbons (Fsp3) is 0.0800. The van der Waals surface area contributed by atoms with Gasteiger partial charge in [0.05, 0.1) is 11.7 Å². The Kier molecular flexibility index (Phi) is 5.37. The number of carboxylic acid groups (broad SMARTS) is 1. The summed E-state index contributed by atoms with van der Waals surface area (Å²) in [5, 5.41) is 10.5. The molecule has 3 aromatic rings. The van der Waals surface area contributed by atoms with Crippen LogP contribution in [-0.2, 0) is 9.59 Å². The standard InChI is InChI=1S/C25H19NO5/c1-16-6-10-18(11-7-16)26-24(29)21-5-3-2-4-20(21)22(25(26)30)14-17-8-12-19(13-9-17)31-15-23(27)28/h2-14H,15H2,1H3,(H,27,28)/p-1/b22-14-. The highest BCUT2D eigenvalue weighted by molar-refractivity contribution is 6.43. The van der Waals surface area contributed by atoms with Crippen molar-refractivity contribution in [3.63, 3.8) is 0 Å². The molecule has 4 rings (SSSR count). The highest BCUT2D eigenvalue weighted by Gasteiger charge is 2.35. The van der Waals surface area contributed by atoms with E-state index in [1.807, 2.05) is 19.1 Å². The van der Waals surface area contributed by atoms with Gasteiger partial charge in [0.1, 0.15) is 12.4 Å². The lowest BCUT2D eigenvalue weighted by Crippen LogP contribution is -2.41. The van der Waals surface area contributed by atoms with Crippen molar-refractivity contribution in [3.05, 3.63) is 95.1 Å². The van der Waals surface area contributed by atoms with Gasteiger partial charge in [0.25, 0.3) is 11.8 Å². The number of carbonyl (C=O) groups excluding carboxylic acids is 3. The molecule has 6 heteroatoms. The zero-order valence-electron chi connectivity index (χ0n) is 16.7. The number of hydrogen-bond donors (Lipinski definition) is 0. The molecule has 0 N–H and O–H groups in total. The molecule has 1 aliphatic rings. The van der Waals surface area contributed by atoms with Crippen molar-refractivity contribution in [2.75, 3.05) is 11.5 Å². The van der Waals surface area contributed by atoms with Crippen LogP contribution in [0.3, 0.4) is 0 Å². The average molecular weight is 412 g/mol. The summed E-state index contributed by atoms with van der Waals surface area (Å²) in [5.41, 5.74) is 3.64. The van der Waals surface area contributed by atoms with Crippen LogP contribution in [-0.4, -0.2) is 24.4 Å². The van der Waals surface area contributed by atoms with E-state index in [0.29, 0.717) is 33.7 Å². The molecule has 3 aromatic carbocycles. The van der Waals surface area contributed by atoms with Gasteiger partial charge in [-0.25, -0.2) is 4.90 Å². The molecule has 0 saturated heterocycles. The monoisotopic (exact) mass is 412 g/mol. The SMILES string of the molecule is Cc1ccc(N2C(=O)/C(=C\c3ccc(OCC(=O)[O-])cc3)c3ccccc3C2=O)cc1. The van der Waals surface area contributed by atoms with Gasteiger partial charge in [-0.1, -0.05) is 48.0 Å². The van der Waals surface area contributed by atoms with Crippen LogP contribution < -0.4 is 14.7 Å². The number of carbonyl (C=O) groups is 3. The Morgan fingerprint density at radius 2 is 1.55 bits per heavy atom. The first-order valence-corrected chi connectivity index (χ1v) is 9.63. The van der Waals surface area contributed by atoms with E-state index in [9.17, 15) is 19.5 Å². The molecule has 0 aliphatic carbocycles. The first-order valence-electron chi connectivity index (χ1n) is 9.63. The lowest BCUT2D eigenvalue weighted by molar-refractivity contribution is -0.307. The van der Waals surface area contributed by atoms with Crippen molar-refractivity contribution in [1.29, 1.82) is 0 Å². The second-order valence-electron chi connectivity index (χ2n) is 7.11. The number of hydrogen-bond acceptors (Lipinski definition) is 5. The average Bonchev–Trinajstić information content (AvgIpc) is 2.77. The van der Waals surface area contributed by atoms with Gasteiger partial charge in [0.2, 0.25) is 0 Å². The van der Waals surface area contributed by atoms with Crippen molar-refractivity contribution >= 4 is 35.1 Å². The Morgan fingerprint density at radius 3 is 2.19 bits per heavy atom. The van der Waals surface area contributed by atoms with Crippen LogP contribution in [0.15, 0.2) is 72.8 Å². The maximum atomic E-state index is 13.4. The largest absolute Gasteiger partial charge is 0.546 e. The summed E-state index contributed by atoms with van der Waals surface area (Å²) in [6.07, 6.45) is 1.71. The van der Waals surface area contributed by atoms with Gasteiger partial charge >= 0.3 is 0 Å². The van der Waals surface area contributed by atoms with Crippen molar-refractivity contribution in [1.82, 2.24) is 0 Å². The Bertz CT molecular complexity index is 1190. The lowest BCUT2D eigenvalue weighted by Gasteiger charge is -2.28. The number of anilines is 1. The third kappa shape index (κ3) is 4.09. The van der Waals surface area contributed by atoms with Crippen molar-refractivity contribution in [2.24, 2.45) is 0 Å². The van der Waals surface area contributed by atoms with Gasteiger partial charge in [-0.05, 0) is 54.5 Å². The number of ether oxygens (including phenoxy) is 1. The van der Waals surface area contributed by atoms with Crippen LogP contribution in [0.2, 0.25) is 0 Å². The molecular formula is C25H18NO5-. The van der Waals surface area contributed by atoms with Crippen LogP contribution in [0, 0.1) is 6.92 Å². The minimum absolute atomic E-state index is 0.368. The number of aryl methyl sites for hydroxylation is 1. The summed E-state index contributed by atoms with van der Waals surface area (Å²) in [6, 6.07) is 20.8. The molecule has 31 heavy (non-hydrogen) atoms. The summed E-state index contributed by atoms with van der Waals surface area (Å²) < 4.78 is 5.09. The molecule has 0 saturated carbocycles. The van der Waals surface area contributed by atoms with Gasteiger partial charge in [-0.15, -0.1) is 0 Å². The zero-order valence-corrected chi connectivity index (χ0v) is 16.7. The summed E-state index contributed by atoms with van der Waals surface area (Å²) in [4.78, 5) is 38.2. The van der Waals surface area contributed by atoms with Gasteiger partial charge < -0.3 is 14.6 Å². The molecule has 0 fully saturated rings. The number of rotatable bonds is 5. The summed E-state index contributed by atoms with van der Waals surface area (Å²) in [5.74, 6) is -1.72. The molecular weight excluding hydrogens is 394 g/mol. The Balaban J connectivity index is 1.74. The van der Waals surface area contributed by atoms with Gasteiger partial charge in [0, 0.05) is 11.1 Å². The van der Waals surface area contributed by atoms with Gasteiger partial charge in [-0.3, -0.25) is 9.59 Å². The first-order chi connectivity index (χ1) is 14.9. The van der Waals surface area contributed by atoms with E-state index >= 15 is 0 Å². The molecule has 0 radical (unpaired) electrons. The fourth-order valence-electron chi connectivity index (χ4n) is 3.39. The minimum Gasteiger partial charge on any atom is -0.546 e. The number of imide groups is 1. The van der Waals surface area contributed by atoms with E-state index in [1.54, 1.807) is 66.7 Å². The van der Waals surface area contributed by atoms with E-state index in [0.717, 1.165) is 5.56 Å². The van der Waals surface area contributed by atoms with Crippen molar-refractivity contribution < 1.29 is 24.2 Å². The van der Waals surface area contributed by atoms with Crippen LogP contribution in [0.25, 0.3) is 11.6 Å². The summed E-state index contributed by atoms with van der Waals surface area (Å²) >= 11 is 0. The smallest absolute Gasteiger partial charge is 0.265 e. The lowest BCUT2D eigenvalue weighted by atomic mass is 9.91. The molecule has 2 amide bonds. The molecule has 0 spiro atoms. The predicted molar refractivity (Wildman–Crippen MR) is 114 cm³/mol. The van der Waals surface area contributed by atoms with E-state index < -0.39 is 18.5 Å². The molecule has 0 unspecified atom stereocenters. The molecule has 1 heterocycles. The fourth-order valence-corrected chi connectivity index (χ4v) is 3.39. The molecule has 6 nitrogen and oxygen atoms in total. The highest BCUT2D eigenvalue weighted by atomic mass is 16.5. The normalized spacial score (nSPS) is 14.5. The van der Waals surface area contributed by atoms with E-state index in [4.69, 9.17) is 4.74 Å². The van der Waals surface area contributed by atoms with Crippen LogP contribution >= 0.6 is 0 Å². The topological polar surface area (TPSA) is 86.7 Å². The van der Waals surface area contributed by atoms with E-state index in [2.05, 4.69) is 0 Å². The molecule has 0 bridgehead atoms. The first kappa shape index (κ1) is 20.1.